The SMILES string of the molecule is O=C(CN1C(=O)COc2ccccc21)N(Cc1nc2ccccc2c(=O)[nH]1)C[C@H]1CCCO1. The Morgan fingerprint density at radius 1 is 1.15 bits per heavy atom. The number of anilines is 1. The average Bonchev–Trinajstić information content (AvgIpc) is 3.34. The highest BCUT2D eigenvalue weighted by molar-refractivity contribution is 6.02. The van der Waals surface area contributed by atoms with E-state index >= 15 is 0 Å². The van der Waals surface area contributed by atoms with Gasteiger partial charge in [0.05, 0.1) is 29.2 Å². The summed E-state index contributed by atoms with van der Waals surface area (Å²) in [7, 11) is 0. The van der Waals surface area contributed by atoms with Crippen LogP contribution in [0, 0.1) is 0 Å². The van der Waals surface area contributed by atoms with Crippen molar-refractivity contribution >= 4 is 28.4 Å². The van der Waals surface area contributed by atoms with E-state index in [0.717, 1.165) is 12.8 Å². The van der Waals surface area contributed by atoms with Gasteiger partial charge in [-0.3, -0.25) is 19.3 Å². The van der Waals surface area contributed by atoms with Crippen LogP contribution in [-0.2, 0) is 20.9 Å². The molecule has 9 nitrogen and oxygen atoms in total. The van der Waals surface area contributed by atoms with E-state index in [4.69, 9.17) is 9.47 Å². The molecule has 1 saturated heterocycles. The number of aromatic nitrogens is 2. The molecule has 2 aromatic carbocycles. The van der Waals surface area contributed by atoms with Gasteiger partial charge in [-0.15, -0.1) is 0 Å². The molecule has 33 heavy (non-hydrogen) atoms. The van der Waals surface area contributed by atoms with Crippen molar-refractivity contribution in [3.63, 3.8) is 0 Å². The quantitative estimate of drug-likeness (QED) is 0.617. The molecule has 1 atom stereocenters. The van der Waals surface area contributed by atoms with Gasteiger partial charge in [0.25, 0.3) is 11.5 Å². The van der Waals surface area contributed by atoms with Crippen LogP contribution in [0.15, 0.2) is 53.3 Å². The molecule has 9 heteroatoms. The van der Waals surface area contributed by atoms with Gasteiger partial charge in [-0.1, -0.05) is 24.3 Å². The molecule has 5 rings (SSSR count). The molecule has 0 saturated carbocycles. The van der Waals surface area contributed by atoms with Crippen LogP contribution in [-0.4, -0.2) is 59.1 Å². The summed E-state index contributed by atoms with van der Waals surface area (Å²) < 4.78 is 11.2. The van der Waals surface area contributed by atoms with Crippen molar-refractivity contribution in [3.05, 3.63) is 64.7 Å². The summed E-state index contributed by atoms with van der Waals surface area (Å²) in [6.07, 6.45) is 1.70. The van der Waals surface area contributed by atoms with Crippen LogP contribution in [0.3, 0.4) is 0 Å². The minimum absolute atomic E-state index is 0.0891. The van der Waals surface area contributed by atoms with Gasteiger partial charge in [0.1, 0.15) is 18.1 Å². The Hall–Kier alpha value is -3.72. The summed E-state index contributed by atoms with van der Waals surface area (Å²) in [6.45, 7) is 0.876. The molecule has 3 aromatic rings. The highest BCUT2D eigenvalue weighted by Crippen LogP contribution is 2.31. The fourth-order valence-electron chi connectivity index (χ4n) is 4.24. The molecule has 0 radical (unpaired) electrons. The normalized spacial score (nSPS) is 17.6. The number of nitrogens with zero attached hydrogens (tertiary/aromatic N) is 3. The van der Waals surface area contributed by atoms with Crippen LogP contribution in [0.25, 0.3) is 10.9 Å². The minimum Gasteiger partial charge on any atom is -0.482 e. The molecule has 2 amide bonds. The Kier molecular flexibility index (Phi) is 5.78. The maximum Gasteiger partial charge on any atom is 0.265 e. The predicted octanol–water partition coefficient (Wildman–Crippen LogP) is 1.86. The van der Waals surface area contributed by atoms with Crippen molar-refractivity contribution in [2.24, 2.45) is 0 Å². The number of H-pyrrole nitrogens is 1. The average molecular weight is 448 g/mol. The van der Waals surface area contributed by atoms with Gasteiger partial charge in [-0.05, 0) is 37.1 Å². The molecule has 3 heterocycles. The molecule has 0 aliphatic carbocycles. The molecule has 0 bridgehead atoms. The summed E-state index contributed by atoms with van der Waals surface area (Å²) in [5.41, 5.74) is 0.881. The first-order chi connectivity index (χ1) is 16.1. The van der Waals surface area contributed by atoms with Crippen LogP contribution in [0.1, 0.15) is 18.7 Å². The number of nitrogens with one attached hydrogen (secondary N) is 1. The number of para-hydroxylation sites is 3. The van der Waals surface area contributed by atoms with E-state index in [-0.39, 0.29) is 43.2 Å². The highest BCUT2D eigenvalue weighted by Gasteiger charge is 2.30. The lowest BCUT2D eigenvalue weighted by atomic mass is 10.2. The minimum atomic E-state index is -0.281. The van der Waals surface area contributed by atoms with Crippen LogP contribution in [0.5, 0.6) is 5.75 Å². The van der Waals surface area contributed by atoms with Crippen molar-refractivity contribution in [3.8, 4) is 5.75 Å². The van der Waals surface area contributed by atoms with Gasteiger partial charge in [-0.25, -0.2) is 4.98 Å². The summed E-state index contributed by atoms with van der Waals surface area (Å²) in [5, 5.41) is 0.494. The topological polar surface area (TPSA) is 105 Å². The fourth-order valence-corrected chi connectivity index (χ4v) is 4.24. The monoisotopic (exact) mass is 448 g/mol. The highest BCUT2D eigenvalue weighted by atomic mass is 16.5. The van der Waals surface area contributed by atoms with Crippen LogP contribution < -0.4 is 15.2 Å². The van der Waals surface area contributed by atoms with E-state index < -0.39 is 0 Å². The first-order valence-corrected chi connectivity index (χ1v) is 11.0. The van der Waals surface area contributed by atoms with E-state index in [9.17, 15) is 14.4 Å². The number of amides is 2. The van der Waals surface area contributed by atoms with E-state index in [0.29, 0.717) is 41.3 Å². The molecule has 1 fully saturated rings. The number of benzene rings is 2. The van der Waals surface area contributed by atoms with Crippen molar-refractivity contribution in [2.45, 2.75) is 25.5 Å². The molecule has 2 aliphatic rings. The second-order valence-electron chi connectivity index (χ2n) is 8.18. The van der Waals surface area contributed by atoms with Crippen LogP contribution in [0.2, 0.25) is 0 Å². The summed E-state index contributed by atoms with van der Waals surface area (Å²) in [5.74, 6) is 0.414. The van der Waals surface area contributed by atoms with E-state index in [1.807, 2.05) is 12.1 Å². The molecule has 0 spiro atoms. The number of ether oxygens (including phenoxy) is 2. The molecule has 1 aromatic heterocycles. The zero-order valence-electron chi connectivity index (χ0n) is 18.0. The first-order valence-electron chi connectivity index (χ1n) is 11.0. The predicted molar refractivity (Wildman–Crippen MR) is 121 cm³/mol. The van der Waals surface area contributed by atoms with Gasteiger partial charge >= 0.3 is 0 Å². The second kappa shape index (κ2) is 9.03. The number of aromatic amines is 1. The van der Waals surface area contributed by atoms with E-state index in [1.54, 1.807) is 41.3 Å². The molecule has 1 N–H and O–H groups in total. The third-order valence-corrected chi connectivity index (χ3v) is 5.90. The molecule has 2 aliphatic heterocycles. The Balaban J connectivity index is 1.41. The van der Waals surface area contributed by atoms with Gasteiger partial charge < -0.3 is 19.4 Å². The number of carbonyl (C=O) groups is 2. The lowest BCUT2D eigenvalue weighted by Crippen LogP contribution is -2.48. The zero-order valence-corrected chi connectivity index (χ0v) is 18.0. The Morgan fingerprint density at radius 2 is 1.97 bits per heavy atom. The van der Waals surface area contributed by atoms with Crippen molar-refractivity contribution < 1.29 is 19.1 Å². The molecular formula is C24H24N4O5. The maximum absolute atomic E-state index is 13.4. The van der Waals surface area contributed by atoms with E-state index in [1.165, 1.54) is 4.90 Å². The molecule has 170 valence electrons. The lowest BCUT2D eigenvalue weighted by Gasteiger charge is -2.32. The molecular weight excluding hydrogens is 424 g/mol. The number of rotatable bonds is 6. The van der Waals surface area contributed by atoms with Gasteiger partial charge in [0, 0.05) is 13.2 Å². The first kappa shape index (κ1) is 21.1. The number of carbonyl (C=O) groups excluding carboxylic acids is 2. The zero-order chi connectivity index (χ0) is 22.8. The van der Waals surface area contributed by atoms with Gasteiger partial charge in [-0.2, -0.15) is 0 Å². The Labute approximate surface area is 189 Å². The number of hydrogen-bond donors (Lipinski definition) is 1. The fraction of sp³-hybridized carbons (Fsp3) is 0.333. The summed E-state index contributed by atoms with van der Waals surface area (Å²) in [4.78, 5) is 48.9. The standard InChI is InChI=1S/C24H24N4O5/c29-22(14-28-19-9-3-4-10-20(19)33-15-23(28)30)27(12-16-6-5-11-32-16)13-21-25-18-8-2-1-7-17(18)24(31)26-21/h1-4,7-10,16H,5-6,11-15H2,(H,25,26,31)/t16-/m1/s1. The van der Waals surface area contributed by atoms with Gasteiger partial charge in [0.2, 0.25) is 5.91 Å². The van der Waals surface area contributed by atoms with Crippen molar-refractivity contribution in [1.82, 2.24) is 14.9 Å². The Bertz CT molecular complexity index is 1250. The smallest absolute Gasteiger partial charge is 0.265 e. The van der Waals surface area contributed by atoms with Crippen LogP contribution in [0.4, 0.5) is 5.69 Å². The third-order valence-electron chi connectivity index (χ3n) is 5.90. The summed E-state index contributed by atoms with van der Waals surface area (Å²) >= 11 is 0. The van der Waals surface area contributed by atoms with Gasteiger partial charge in [0.15, 0.2) is 6.61 Å². The summed E-state index contributed by atoms with van der Waals surface area (Å²) in [6, 6.07) is 14.2. The molecule has 0 unspecified atom stereocenters. The largest absolute Gasteiger partial charge is 0.482 e. The van der Waals surface area contributed by atoms with Crippen molar-refractivity contribution in [1.29, 1.82) is 0 Å². The lowest BCUT2D eigenvalue weighted by molar-refractivity contribution is -0.134. The van der Waals surface area contributed by atoms with Crippen molar-refractivity contribution in [2.75, 3.05) is 31.2 Å². The van der Waals surface area contributed by atoms with E-state index in [2.05, 4.69) is 9.97 Å². The number of fused-ring (bicyclic) bond motifs is 2. The van der Waals surface area contributed by atoms with Crippen LogP contribution >= 0.6 is 0 Å². The Morgan fingerprint density at radius 3 is 2.82 bits per heavy atom. The third kappa shape index (κ3) is 4.45. The number of hydrogen-bond acceptors (Lipinski definition) is 6. The second-order valence-corrected chi connectivity index (χ2v) is 8.18. The maximum atomic E-state index is 13.4.